The maximum Gasteiger partial charge on any atom is 0.309 e. The van der Waals surface area contributed by atoms with Gasteiger partial charge in [-0.05, 0) is 44.4 Å². The van der Waals surface area contributed by atoms with E-state index in [0.717, 1.165) is 25.7 Å². The molecule has 5 unspecified atom stereocenters. The van der Waals surface area contributed by atoms with Gasteiger partial charge in [0.1, 0.15) is 0 Å². The summed E-state index contributed by atoms with van der Waals surface area (Å²) in [6.45, 7) is 4.40. The summed E-state index contributed by atoms with van der Waals surface area (Å²) in [7, 11) is 0. The first-order valence-electron chi connectivity index (χ1n) is 7.86. The van der Waals surface area contributed by atoms with Gasteiger partial charge in [-0.25, -0.2) is 0 Å². The number of aliphatic carboxylic acids is 1. The molecule has 2 saturated carbocycles. The molecule has 0 aromatic rings. The van der Waals surface area contributed by atoms with Crippen LogP contribution in [0.4, 0.5) is 0 Å². The van der Waals surface area contributed by atoms with Crippen molar-refractivity contribution in [2.24, 2.45) is 17.3 Å². The second-order valence-corrected chi connectivity index (χ2v) is 7.45. The molecule has 3 heteroatoms. The average Bonchev–Trinajstić information content (AvgIpc) is 3.02. The number of hydrogen-bond donors (Lipinski definition) is 1. The molecule has 108 valence electrons. The van der Waals surface area contributed by atoms with Gasteiger partial charge in [-0.1, -0.05) is 32.6 Å². The van der Waals surface area contributed by atoms with Crippen molar-refractivity contribution in [3.8, 4) is 0 Å². The molecule has 0 amide bonds. The second-order valence-electron chi connectivity index (χ2n) is 7.45. The molecule has 3 aliphatic rings. The second kappa shape index (κ2) is 4.47. The minimum Gasteiger partial charge on any atom is -0.481 e. The summed E-state index contributed by atoms with van der Waals surface area (Å²) in [6.07, 6.45) is 8.77. The Labute approximate surface area is 115 Å². The lowest BCUT2D eigenvalue weighted by molar-refractivity contribution is -0.153. The fourth-order valence-electron chi connectivity index (χ4n) is 4.62. The number of carboxylic acids is 1. The molecule has 2 aliphatic carbocycles. The highest BCUT2D eigenvalue weighted by atomic mass is 16.6. The lowest BCUT2D eigenvalue weighted by Gasteiger charge is -2.40. The Morgan fingerprint density at radius 3 is 2.68 bits per heavy atom. The fraction of sp³-hybridized carbons (Fsp3) is 0.938. The monoisotopic (exact) mass is 266 g/mol. The van der Waals surface area contributed by atoms with Crippen molar-refractivity contribution in [3.63, 3.8) is 0 Å². The summed E-state index contributed by atoms with van der Waals surface area (Å²) in [5.41, 5.74) is -0.646. The van der Waals surface area contributed by atoms with Crippen molar-refractivity contribution in [2.45, 2.75) is 76.9 Å². The molecule has 3 nitrogen and oxygen atoms in total. The SMILES string of the molecule is CC1CCCCC1CC1(C(=O)O)CCC2OC2(C)C1. The molecule has 1 saturated heterocycles. The van der Waals surface area contributed by atoms with E-state index in [-0.39, 0.29) is 5.60 Å². The molecule has 1 N–H and O–H groups in total. The van der Waals surface area contributed by atoms with Gasteiger partial charge in [0.05, 0.1) is 17.1 Å². The van der Waals surface area contributed by atoms with Crippen LogP contribution in [0.5, 0.6) is 0 Å². The first-order chi connectivity index (χ1) is 8.95. The van der Waals surface area contributed by atoms with Crippen LogP contribution in [-0.2, 0) is 9.53 Å². The molecular formula is C16H26O3. The zero-order chi connectivity index (χ0) is 13.7. The molecule has 1 aliphatic heterocycles. The van der Waals surface area contributed by atoms with Crippen molar-refractivity contribution in [1.29, 1.82) is 0 Å². The van der Waals surface area contributed by atoms with Crippen LogP contribution in [-0.4, -0.2) is 22.8 Å². The van der Waals surface area contributed by atoms with Gasteiger partial charge >= 0.3 is 5.97 Å². The molecule has 0 bridgehead atoms. The first-order valence-corrected chi connectivity index (χ1v) is 7.86. The summed E-state index contributed by atoms with van der Waals surface area (Å²) >= 11 is 0. The number of carboxylic acid groups (broad SMARTS) is 1. The number of epoxide rings is 1. The highest BCUT2D eigenvalue weighted by molar-refractivity contribution is 5.75. The smallest absolute Gasteiger partial charge is 0.309 e. The number of rotatable bonds is 3. The number of fused-ring (bicyclic) bond motifs is 1. The molecule has 19 heavy (non-hydrogen) atoms. The summed E-state index contributed by atoms with van der Waals surface area (Å²) < 4.78 is 5.72. The first kappa shape index (κ1) is 13.4. The Hall–Kier alpha value is -0.570. The van der Waals surface area contributed by atoms with E-state index in [0.29, 0.717) is 17.9 Å². The summed E-state index contributed by atoms with van der Waals surface area (Å²) in [6, 6.07) is 0. The van der Waals surface area contributed by atoms with Gasteiger partial charge in [0.25, 0.3) is 0 Å². The zero-order valence-corrected chi connectivity index (χ0v) is 12.2. The largest absolute Gasteiger partial charge is 0.481 e. The predicted octanol–water partition coefficient (Wildman–Crippen LogP) is 3.62. The van der Waals surface area contributed by atoms with Crippen molar-refractivity contribution in [1.82, 2.24) is 0 Å². The standard InChI is InChI=1S/C16H26O3/c1-11-5-3-4-6-12(11)9-16(14(17)18)8-7-13-15(2,10-16)19-13/h11-13H,3-10H2,1-2H3,(H,17,18). The van der Waals surface area contributed by atoms with Crippen LogP contribution in [0, 0.1) is 17.3 Å². The predicted molar refractivity (Wildman–Crippen MR) is 72.9 cm³/mol. The van der Waals surface area contributed by atoms with E-state index in [9.17, 15) is 9.90 Å². The molecule has 3 rings (SSSR count). The average molecular weight is 266 g/mol. The van der Waals surface area contributed by atoms with E-state index in [1.807, 2.05) is 0 Å². The minimum atomic E-state index is -0.583. The Kier molecular flexibility index (Phi) is 3.16. The van der Waals surface area contributed by atoms with E-state index in [1.54, 1.807) is 0 Å². The molecule has 5 atom stereocenters. The van der Waals surface area contributed by atoms with E-state index in [1.165, 1.54) is 25.7 Å². The molecule has 3 fully saturated rings. The quantitative estimate of drug-likeness (QED) is 0.794. The van der Waals surface area contributed by atoms with Gasteiger partial charge < -0.3 is 9.84 Å². The summed E-state index contributed by atoms with van der Waals surface area (Å²) in [4.78, 5) is 11.9. The van der Waals surface area contributed by atoms with Crippen LogP contribution >= 0.6 is 0 Å². The number of ether oxygens (including phenoxy) is 1. The summed E-state index contributed by atoms with van der Waals surface area (Å²) in [5, 5.41) is 9.80. The highest BCUT2D eigenvalue weighted by Gasteiger charge is 2.62. The van der Waals surface area contributed by atoms with Crippen molar-refractivity contribution in [2.75, 3.05) is 0 Å². The zero-order valence-electron chi connectivity index (χ0n) is 12.2. The van der Waals surface area contributed by atoms with Gasteiger partial charge in [0.2, 0.25) is 0 Å². The molecule has 0 spiro atoms. The molecule has 0 aromatic heterocycles. The van der Waals surface area contributed by atoms with Crippen LogP contribution in [0.25, 0.3) is 0 Å². The number of carbonyl (C=O) groups is 1. The van der Waals surface area contributed by atoms with Gasteiger partial charge in [-0.15, -0.1) is 0 Å². The van der Waals surface area contributed by atoms with E-state index in [2.05, 4.69) is 13.8 Å². The molecular weight excluding hydrogens is 240 g/mol. The van der Waals surface area contributed by atoms with Crippen LogP contribution in [0.2, 0.25) is 0 Å². The van der Waals surface area contributed by atoms with Crippen LogP contribution in [0.3, 0.4) is 0 Å². The normalized spacial score (nSPS) is 49.5. The van der Waals surface area contributed by atoms with Crippen molar-refractivity contribution >= 4 is 5.97 Å². The minimum absolute atomic E-state index is 0.130. The Morgan fingerprint density at radius 1 is 1.32 bits per heavy atom. The lowest BCUT2D eigenvalue weighted by atomic mass is 9.62. The van der Waals surface area contributed by atoms with Crippen molar-refractivity contribution < 1.29 is 14.6 Å². The fourth-order valence-corrected chi connectivity index (χ4v) is 4.62. The third kappa shape index (κ3) is 2.31. The number of hydrogen-bond acceptors (Lipinski definition) is 2. The van der Waals surface area contributed by atoms with Crippen LogP contribution in [0.1, 0.15) is 65.2 Å². The maximum absolute atomic E-state index is 11.9. The molecule has 0 radical (unpaired) electrons. The van der Waals surface area contributed by atoms with E-state index in [4.69, 9.17) is 4.74 Å². The van der Waals surface area contributed by atoms with Crippen molar-refractivity contribution in [3.05, 3.63) is 0 Å². The molecule has 0 aromatic carbocycles. The molecule has 1 heterocycles. The van der Waals surface area contributed by atoms with Gasteiger partial charge in [-0.3, -0.25) is 4.79 Å². The Balaban J connectivity index is 1.75. The topological polar surface area (TPSA) is 49.8 Å². The van der Waals surface area contributed by atoms with Gasteiger partial charge in [0, 0.05) is 0 Å². The third-order valence-corrected chi connectivity index (χ3v) is 6.01. The Bertz CT molecular complexity index is 380. The van der Waals surface area contributed by atoms with E-state index >= 15 is 0 Å². The van der Waals surface area contributed by atoms with Gasteiger partial charge in [0.15, 0.2) is 0 Å². The lowest BCUT2D eigenvalue weighted by Crippen LogP contribution is -2.42. The van der Waals surface area contributed by atoms with Crippen LogP contribution in [0.15, 0.2) is 0 Å². The Morgan fingerprint density at radius 2 is 2.05 bits per heavy atom. The van der Waals surface area contributed by atoms with Gasteiger partial charge in [-0.2, -0.15) is 0 Å². The van der Waals surface area contributed by atoms with E-state index < -0.39 is 11.4 Å². The maximum atomic E-state index is 11.9. The third-order valence-electron chi connectivity index (χ3n) is 6.01. The van der Waals surface area contributed by atoms with Crippen LogP contribution < -0.4 is 0 Å². The highest BCUT2D eigenvalue weighted by Crippen LogP contribution is 2.57. The summed E-state index contributed by atoms with van der Waals surface area (Å²) in [5.74, 6) is 0.708.